The Bertz CT molecular complexity index is 733. The Kier molecular flexibility index (Phi) is 5.55. The molecule has 8 nitrogen and oxygen atoms in total. The number of carboxylic acids is 1. The third-order valence-electron chi connectivity index (χ3n) is 4.35. The van der Waals surface area contributed by atoms with Crippen molar-refractivity contribution in [3.05, 3.63) is 39.9 Å². The first-order chi connectivity index (χ1) is 11.2. The summed E-state index contributed by atoms with van der Waals surface area (Å²) < 4.78 is 26.4. The number of carboxylic acid groups (broad SMARTS) is 1. The molecular weight excluding hydrogens is 336 g/mol. The van der Waals surface area contributed by atoms with Crippen LogP contribution in [0.4, 0.5) is 5.69 Å². The number of para-hydroxylation sites is 1. The average Bonchev–Trinajstić information content (AvgIpc) is 2.53. The first-order valence-electron chi connectivity index (χ1n) is 7.67. The number of benzene rings is 1. The Morgan fingerprint density at radius 2 is 2.04 bits per heavy atom. The van der Waals surface area contributed by atoms with E-state index < -0.39 is 26.8 Å². The lowest BCUT2D eigenvalue weighted by Gasteiger charge is -2.35. The summed E-state index contributed by atoms with van der Waals surface area (Å²) in [5, 5.41) is 20.1. The molecular formula is C15H20N2O6S. The molecule has 1 aliphatic rings. The Labute approximate surface area is 140 Å². The fourth-order valence-corrected chi connectivity index (χ4v) is 4.69. The molecule has 1 aliphatic heterocycles. The standard InChI is InChI=1S/C15H20N2O6S/c1-11-6-7-13(15(18)19)10-16(11)24(22,23)9-8-12-4-2-3-5-14(12)17(20)21/h2-5,11,13H,6-10H2,1H3,(H,18,19). The number of carbonyl (C=O) groups is 1. The summed E-state index contributed by atoms with van der Waals surface area (Å²) >= 11 is 0. The number of sulfonamides is 1. The highest BCUT2D eigenvalue weighted by Crippen LogP contribution is 2.26. The second-order valence-corrected chi connectivity index (χ2v) is 8.02. The van der Waals surface area contributed by atoms with E-state index >= 15 is 0 Å². The highest BCUT2D eigenvalue weighted by Gasteiger charge is 2.36. The van der Waals surface area contributed by atoms with Gasteiger partial charge in [-0.2, -0.15) is 4.31 Å². The maximum atomic E-state index is 12.6. The topological polar surface area (TPSA) is 118 Å². The second-order valence-electron chi connectivity index (χ2n) is 5.98. The molecule has 1 N–H and O–H groups in total. The minimum Gasteiger partial charge on any atom is -0.481 e. The zero-order valence-electron chi connectivity index (χ0n) is 13.3. The van der Waals surface area contributed by atoms with Crippen LogP contribution >= 0.6 is 0 Å². The molecule has 9 heteroatoms. The van der Waals surface area contributed by atoms with Gasteiger partial charge in [-0.15, -0.1) is 0 Å². The summed E-state index contributed by atoms with van der Waals surface area (Å²) in [7, 11) is -3.69. The van der Waals surface area contributed by atoms with Crippen LogP contribution in [0.5, 0.6) is 0 Å². The van der Waals surface area contributed by atoms with E-state index in [0.717, 1.165) is 0 Å². The van der Waals surface area contributed by atoms with E-state index in [4.69, 9.17) is 5.11 Å². The summed E-state index contributed by atoms with van der Waals surface area (Å²) in [4.78, 5) is 21.6. The van der Waals surface area contributed by atoms with E-state index in [9.17, 15) is 23.3 Å². The van der Waals surface area contributed by atoms with Crippen LogP contribution in [0.1, 0.15) is 25.3 Å². The maximum absolute atomic E-state index is 12.6. The molecule has 0 amide bonds. The number of aryl methyl sites for hydroxylation is 1. The van der Waals surface area contributed by atoms with Gasteiger partial charge in [-0.25, -0.2) is 8.42 Å². The highest BCUT2D eigenvalue weighted by molar-refractivity contribution is 7.89. The number of nitrogens with zero attached hydrogens (tertiary/aromatic N) is 2. The van der Waals surface area contributed by atoms with Crippen molar-refractivity contribution in [2.24, 2.45) is 5.92 Å². The van der Waals surface area contributed by atoms with E-state index in [-0.39, 0.29) is 30.4 Å². The highest BCUT2D eigenvalue weighted by atomic mass is 32.2. The molecule has 2 unspecified atom stereocenters. The lowest BCUT2D eigenvalue weighted by Crippen LogP contribution is -2.48. The van der Waals surface area contributed by atoms with Crippen LogP contribution < -0.4 is 0 Å². The van der Waals surface area contributed by atoms with E-state index in [1.807, 2.05) is 0 Å². The van der Waals surface area contributed by atoms with Crippen LogP contribution in [0, 0.1) is 16.0 Å². The first kappa shape index (κ1) is 18.3. The van der Waals surface area contributed by atoms with E-state index in [1.165, 1.54) is 22.5 Å². The lowest BCUT2D eigenvalue weighted by atomic mass is 9.96. The van der Waals surface area contributed by atoms with Crippen molar-refractivity contribution >= 4 is 21.7 Å². The van der Waals surface area contributed by atoms with Crippen LogP contribution in [-0.2, 0) is 21.2 Å². The van der Waals surface area contributed by atoms with E-state index in [0.29, 0.717) is 18.4 Å². The van der Waals surface area contributed by atoms with Crippen molar-refractivity contribution in [1.82, 2.24) is 4.31 Å². The number of nitro benzene ring substituents is 1. The van der Waals surface area contributed by atoms with Gasteiger partial charge in [0.25, 0.3) is 5.69 Å². The van der Waals surface area contributed by atoms with Gasteiger partial charge in [0.05, 0.1) is 16.6 Å². The zero-order chi connectivity index (χ0) is 17.9. The van der Waals surface area contributed by atoms with Gasteiger partial charge in [-0.05, 0) is 26.2 Å². The lowest BCUT2D eigenvalue weighted by molar-refractivity contribution is -0.385. The molecule has 0 aliphatic carbocycles. The van der Waals surface area contributed by atoms with Gasteiger partial charge in [-0.3, -0.25) is 14.9 Å². The number of rotatable bonds is 6. The van der Waals surface area contributed by atoms with Crippen LogP contribution in [0.3, 0.4) is 0 Å². The van der Waals surface area contributed by atoms with Gasteiger partial charge in [0.15, 0.2) is 0 Å². The average molecular weight is 356 g/mol. The minimum absolute atomic E-state index is 0.0143. The van der Waals surface area contributed by atoms with Crippen LogP contribution in [-0.4, -0.2) is 47.1 Å². The van der Waals surface area contributed by atoms with Crippen molar-refractivity contribution in [1.29, 1.82) is 0 Å². The Hall–Kier alpha value is -2.00. The normalized spacial score (nSPS) is 22.2. The van der Waals surface area contributed by atoms with Gasteiger partial charge >= 0.3 is 5.97 Å². The van der Waals surface area contributed by atoms with Crippen LogP contribution in [0.15, 0.2) is 24.3 Å². The number of hydrogen-bond acceptors (Lipinski definition) is 5. The molecule has 0 bridgehead atoms. The number of nitro groups is 1. The third kappa shape index (κ3) is 4.09. The fourth-order valence-electron chi connectivity index (χ4n) is 2.92. The summed E-state index contributed by atoms with van der Waals surface area (Å²) in [6.45, 7) is 1.70. The quantitative estimate of drug-likeness (QED) is 0.612. The molecule has 2 atom stereocenters. The third-order valence-corrected chi connectivity index (χ3v) is 6.29. The monoisotopic (exact) mass is 356 g/mol. The summed E-state index contributed by atoms with van der Waals surface area (Å²) in [6, 6.07) is 5.76. The van der Waals surface area contributed by atoms with Gasteiger partial charge < -0.3 is 5.11 Å². The van der Waals surface area contributed by atoms with Crippen LogP contribution in [0.25, 0.3) is 0 Å². The van der Waals surface area contributed by atoms with Crippen molar-refractivity contribution in [2.75, 3.05) is 12.3 Å². The molecule has 1 heterocycles. The molecule has 24 heavy (non-hydrogen) atoms. The molecule has 1 aromatic rings. The van der Waals surface area contributed by atoms with Gasteiger partial charge in [0, 0.05) is 24.2 Å². The van der Waals surface area contributed by atoms with Gasteiger partial charge in [0.1, 0.15) is 0 Å². The summed E-state index contributed by atoms with van der Waals surface area (Å²) in [6.07, 6.45) is 0.953. The molecule has 2 rings (SSSR count). The number of hydrogen-bond donors (Lipinski definition) is 1. The predicted molar refractivity (Wildman–Crippen MR) is 87.1 cm³/mol. The molecule has 0 saturated carbocycles. The van der Waals surface area contributed by atoms with Crippen molar-refractivity contribution in [3.63, 3.8) is 0 Å². The minimum atomic E-state index is -3.69. The predicted octanol–water partition coefficient (Wildman–Crippen LogP) is 1.65. The zero-order valence-corrected chi connectivity index (χ0v) is 14.1. The van der Waals surface area contributed by atoms with E-state index in [1.54, 1.807) is 13.0 Å². The van der Waals surface area contributed by atoms with Crippen LogP contribution in [0.2, 0.25) is 0 Å². The first-order valence-corrected chi connectivity index (χ1v) is 9.28. The molecule has 0 spiro atoms. The van der Waals surface area contributed by atoms with Crippen molar-refractivity contribution < 1.29 is 23.2 Å². The smallest absolute Gasteiger partial charge is 0.307 e. The Morgan fingerprint density at radius 1 is 1.38 bits per heavy atom. The Balaban J connectivity index is 2.13. The van der Waals surface area contributed by atoms with Gasteiger partial charge in [-0.1, -0.05) is 18.2 Å². The molecule has 1 aromatic carbocycles. The molecule has 0 radical (unpaired) electrons. The summed E-state index contributed by atoms with van der Waals surface area (Å²) in [5.41, 5.74) is 0.244. The molecule has 1 saturated heterocycles. The maximum Gasteiger partial charge on any atom is 0.307 e. The summed E-state index contributed by atoms with van der Waals surface area (Å²) in [5.74, 6) is -1.99. The SMILES string of the molecule is CC1CCC(C(=O)O)CN1S(=O)(=O)CCc1ccccc1[N+](=O)[O-]. The Morgan fingerprint density at radius 3 is 2.67 bits per heavy atom. The molecule has 0 aromatic heterocycles. The van der Waals surface area contributed by atoms with Crippen molar-refractivity contribution in [2.45, 2.75) is 32.2 Å². The number of aliphatic carboxylic acids is 1. The fraction of sp³-hybridized carbons (Fsp3) is 0.533. The second kappa shape index (κ2) is 7.27. The largest absolute Gasteiger partial charge is 0.481 e. The van der Waals surface area contributed by atoms with E-state index in [2.05, 4.69) is 0 Å². The van der Waals surface area contributed by atoms with Crippen molar-refractivity contribution in [3.8, 4) is 0 Å². The number of piperidine rings is 1. The molecule has 132 valence electrons. The molecule has 1 fully saturated rings. The van der Waals surface area contributed by atoms with Gasteiger partial charge in [0.2, 0.25) is 10.0 Å².